The zero-order valence-electron chi connectivity index (χ0n) is 7.20. The van der Waals surface area contributed by atoms with Crippen LogP contribution in [-0.4, -0.2) is 9.97 Å². The predicted molar refractivity (Wildman–Crippen MR) is 47.7 cm³/mol. The Morgan fingerprint density at radius 3 is 2.92 bits per heavy atom. The van der Waals surface area contributed by atoms with Gasteiger partial charge in [-0.25, -0.2) is 9.97 Å². The molecule has 2 N–H and O–H groups in total. The number of anilines is 1. The van der Waals surface area contributed by atoms with Gasteiger partial charge in [0.25, 0.3) is 0 Å². The van der Waals surface area contributed by atoms with E-state index in [1.807, 2.05) is 0 Å². The zero-order valence-corrected chi connectivity index (χ0v) is 7.20. The minimum absolute atomic E-state index is 0.312. The molecule has 1 aliphatic rings. The third-order valence-electron chi connectivity index (χ3n) is 2.02. The number of nitrogen functional groups attached to an aromatic ring is 1. The van der Waals surface area contributed by atoms with Crippen molar-refractivity contribution in [2.75, 3.05) is 5.73 Å². The fourth-order valence-corrected chi connectivity index (χ4v) is 1.24. The van der Waals surface area contributed by atoms with Crippen LogP contribution in [0.15, 0.2) is 6.07 Å². The Morgan fingerprint density at radius 2 is 2.31 bits per heavy atom. The molecule has 0 bridgehead atoms. The van der Waals surface area contributed by atoms with Crippen molar-refractivity contribution >= 4 is 5.82 Å². The molecule has 1 saturated carbocycles. The lowest BCUT2D eigenvalue weighted by Gasteiger charge is -2.01. The zero-order chi connectivity index (χ0) is 9.26. The molecule has 13 heavy (non-hydrogen) atoms. The summed E-state index contributed by atoms with van der Waals surface area (Å²) in [6.07, 6.45) is 2.61. The van der Waals surface area contributed by atoms with Crippen LogP contribution in [0.4, 0.5) is 5.82 Å². The van der Waals surface area contributed by atoms with Crippen molar-refractivity contribution in [3.8, 4) is 6.07 Å². The fraction of sp³-hybridized carbons (Fsp3) is 0.444. The maximum atomic E-state index is 8.50. The third-order valence-corrected chi connectivity index (χ3v) is 2.02. The first-order chi connectivity index (χ1) is 6.29. The van der Waals surface area contributed by atoms with Crippen molar-refractivity contribution in [3.05, 3.63) is 17.6 Å². The molecule has 2 rings (SSSR count). The largest absolute Gasteiger partial charge is 0.384 e. The first-order valence-corrected chi connectivity index (χ1v) is 4.30. The van der Waals surface area contributed by atoms with E-state index in [9.17, 15) is 0 Å². The van der Waals surface area contributed by atoms with Gasteiger partial charge in [0.15, 0.2) is 0 Å². The van der Waals surface area contributed by atoms with Gasteiger partial charge >= 0.3 is 0 Å². The molecule has 0 spiro atoms. The monoisotopic (exact) mass is 174 g/mol. The standard InChI is InChI=1S/C9H10N4/c10-4-3-7-5-8(11)13-9(12-7)6-1-2-6/h5-6H,1-3H2,(H2,11,12,13). The third kappa shape index (κ3) is 1.75. The van der Waals surface area contributed by atoms with Crippen LogP contribution in [0, 0.1) is 11.3 Å². The number of nitrogens with zero attached hydrogens (tertiary/aromatic N) is 3. The molecular formula is C9H10N4. The molecule has 1 aromatic heterocycles. The van der Waals surface area contributed by atoms with Crippen LogP contribution >= 0.6 is 0 Å². The van der Waals surface area contributed by atoms with Crippen LogP contribution < -0.4 is 5.73 Å². The highest BCUT2D eigenvalue weighted by Gasteiger charge is 2.26. The summed E-state index contributed by atoms with van der Waals surface area (Å²) < 4.78 is 0. The van der Waals surface area contributed by atoms with Gasteiger partial charge in [-0.1, -0.05) is 0 Å². The summed E-state index contributed by atoms with van der Waals surface area (Å²) in [5.41, 5.74) is 6.33. The lowest BCUT2D eigenvalue weighted by molar-refractivity contribution is 0.899. The van der Waals surface area contributed by atoms with Crippen molar-refractivity contribution in [1.29, 1.82) is 5.26 Å². The Hall–Kier alpha value is -1.63. The molecule has 0 radical (unpaired) electrons. The smallest absolute Gasteiger partial charge is 0.134 e. The van der Waals surface area contributed by atoms with E-state index in [4.69, 9.17) is 11.0 Å². The number of nitriles is 1. The number of aromatic nitrogens is 2. The SMILES string of the molecule is N#CCc1cc(N)nc(C2CC2)n1. The van der Waals surface area contributed by atoms with Crippen molar-refractivity contribution in [2.24, 2.45) is 0 Å². The summed E-state index contributed by atoms with van der Waals surface area (Å²) in [4.78, 5) is 8.41. The first-order valence-electron chi connectivity index (χ1n) is 4.30. The maximum Gasteiger partial charge on any atom is 0.134 e. The number of rotatable bonds is 2. The van der Waals surface area contributed by atoms with Crippen molar-refractivity contribution < 1.29 is 0 Å². The highest BCUT2D eigenvalue weighted by atomic mass is 15.0. The molecule has 0 aliphatic heterocycles. The van der Waals surface area contributed by atoms with Crippen LogP contribution in [0.2, 0.25) is 0 Å². The summed E-state index contributed by atoms with van der Waals surface area (Å²) in [6.45, 7) is 0. The summed E-state index contributed by atoms with van der Waals surface area (Å²) in [6, 6.07) is 3.71. The van der Waals surface area contributed by atoms with Gasteiger partial charge in [0.2, 0.25) is 0 Å². The molecular weight excluding hydrogens is 164 g/mol. The van der Waals surface area contributed by atoms with Gasteiger partial charge in [-0.3, -0.25) is 0 Å². The Balaban J connectivity index is 2.31. The van der Waals surface area contributed by atoms with E-state index in [0.717, 1.165) is 24.4 Å². The van der Waals surface area contributed by atoms with E-state index < -0.39 is 0 Å². The summed E-state index contributed by atoms with van der Waals surface area (Å²) in [7, 11) is 0. The molecule has 1 fully saturated rings. The van der Waals surface area contributed by atoms with Crippen LogP contribution in [0.3, 0.4) is 0 Å². The van der Waals surface area contributed by atoms with Crippen LogP contribution in [0.25, 0.3) is 0 Å². The number of hydrogen-bond donors (Lipinski definition) is 1. The van der Waals surface area contributed by atoms with Crippen molar-refractivity contribution in [2.45, 2.75) is 25.2 Å². The second kappa shape index (κ2) is 3.02. The van der Waals surface area contributed by atoms with Gasteiger partial charge in [0, 0.05) is 12.0 Å². The van der Waals surface area contributed by atoms with E-state index in [0.29, 0.717) is 18.2 Å². The Kier molecular flexibility index (Phi) is 1.85. The molecule has 4 heteroatoms. The summed E-state index contributed by atoms with van der Waals surface area (Å²) >= 11 is 0. The summed E-state index contributed by atoms with van der Waals surface area (Å²) in [5, 5.41) is 8.50. The number of hydrogen-bond acceptors (Lipinski definition) is 4. The van der Waals surface area contributed by atoms with Crippen molar-refractivity contribution in [1.82, 2.24) is 9.97 Å². The lowest BCUT2D eigenvalue weighted by Crippen LogP contribution is -2.01. The molecule has 1 aliphatic carbocycles. The molecule has 0 unspecified atom stereocenters. The average Bonchev–Trinajstić information content (AvgIpc) is 2.85. The Labute approximate surface area is 76.4 Å². The van der Waals surface area contributed by atoms with Gasteiger partial charge in [0.1, 0.15) is 11.6 Å². The van der Waals surface area contributed by atoms with Gasteiger partial charge in [-0.2, -0.15) is 5.26 Å². The fourth-order valence-electron chi connectivity index (χ4n) is 1.24. The quantitative estimate of drug-likeness (QED) is 0.725. The van der Waals surface area contributed by atoms with Crippen LogP contribution in [0.5, 0.6) is 0 Å². The molecule has 1 aromatic rings. The molecule has 0 atom stereocenters. The van der Waals surface area contributed by atoms with Crippen LogP contribution in [0.1, 0.15) is 30.3 Å². The van der Waals surface area contributed by atoms with E-state index in [1.165, 1.54) is 0 Å². The minimum atomic E-state index is 0.312. The van der Waals surface area contributed by atoms with Gasteiger partial charge in [-0.05, 0) is 12.8 Å². The van der Waals surface area contributed by atoms with E-state index >= 15 is 0 Å². The average molecular weight is 174 g/mol. The normalized spacial score (nSPS) is 15.3. The second-order valence-electron chi connectivity index (χ2n) is 3.25. The lowest BCUT2D eigenvalue weighted by atomic mass is 10.3. The second-order valence-corrected chi connectivity index (χ2v) is 3.25. The van der Waals surface area contributed by atoms with Gasteiger partial charge < -0.3 is 5.73 Å². The van der Waals surface area contributed by atoms with E-state index in [-0.39, 0.29) is 0 Å². The van der Waals surface area contributed by atoms with Gasteiger partial charge in [-0.15, -0.1) is 0 Å². The molecule has 1 heterocycles. The molecule has 0 aromatic carbocycles. The molecule has 66 valence electrons. The minimum Gasteiger partial charge on any atom is -0.384 e. The molecule has 4 nitrogen and oxygen atoms in total. The van der Waals surface area contributed by atoms with Crippen LogP contribution in [-0.2, 0) is 6.42 Å². The number of nitrogens with two attached hydrogens (primary N) is 1. The maximum absolute atomic E-state index is 8.50. The highest BCUT2D eigenvalue weighted by Crippen LogP contribution is 2.38. The summed E-state index contributed by atoms with van der Waals surface area (Å²) in [5.74, 6) is 1.77. The molecule has 0 amide bonds. The Morgan fingerprint density at radius 1 is 1.54 bits per heavy atom. The van der Waals surface area contributed by atoms with E-state index in [2.05, 4.69) is 16.0 Å². The Bertz CT molecular complexity index is 362. The van der Waals surface area contributed by atoms with Crippen molar-refractivity contribution in [3.63, 3.8) is 0 Å². The topological polar surface area (TPSA) is 75.6 Å². The highest BCUT2D eigenvalue weighted by molar-refractivity contribution is 5.32. The molecule has 0 saturated heterocycles. The van der Waals surface area contributed by atoms with Gasteiger partial charge in [0.05, 0.1) is 18.2 Å². The van der Waals surface area contributed by atoms with E-state index in [1.54, 1.807) is 6.07 Å². The first kappa shape index (κ1) is 7.99. The predicted octanol–water partition coefficient (Wildman–Crippen LogP) is 1.00.